The van der Waals surface area contributed by atoms with Crippen molar-refractivity contribution in [2.75, 3.05) is 0 Å². The van der Waals surface area contributed by atoms with Gasteiger partial charge < -0.3 is 12.9 Å². The van der Waals surface area contributed by atoms with E-state index in [-0.39, 0.29) is 0 Å². The van der Waals surface area contributed by atoms with Crippen molar-refractivity contribution in [3.8, 4) is 0 Å². The minimum atomic E-state index is -5.47. The van der Waals surface area contributed by atoms with Gasteiger partial charge in [0.05, 0.1) is 0 Å². The third-order valence-electron chi connectivity index (χ3n) is 0.503. The standard InChI is InChI=1S/C3H2BF6/c5-3(6,7)1-2-4(8,9)10/h1-2H/q-1/b2-1-. The second-order valence-corrected chi connectivity index (χ2v) is 1.53. The first-order valence-electron chi connectivity index (χ1n) is 2.18. The second kappa shape index (κ2) is 2.55. The predicted molar refractivity (Wildman–Crippen MR) is 24.3 cm³/mol. The number of rotatable bonds is 1. The molecule has 7 heteroatoms. The van der Waals surface area contributed by atoms with Crippen LogP contribution in [0.1, 0.15) is 0 Å². The lowest BCUT2D eigenvalue weighted by Crippen LogP contribution is -2.13. The van der Waals surface area contributed by atoms with Crippen molar-refractivity contribution in [3.05, 3.63) is 12.1 Å². The maximum atomic E-state index is 11.1. The van der Waals surface area contributed by atoms with Crippen molar-refractivity contribution in [1.29, 1.82) is 0 Å². The van der Waals surface area contributed by atoms with Crippen LogP contribution in [0.15, 0.2) is 12.1 Å². The molecule has 0 heterocycles. The van der Waals surface area contributed by atoms with Gasteiger partial charge in [-0.2, -0.15) is 13.2 Å². The first-order valence-corrected chi connectivity index (χ1v) is 2.18. The van der Waals surface area contributed by atoms with Gasteiger partial charge in [0, 0.05) is 0 Å². The fraction of sp³-hybridized carbons (Fsp3) is 0.333. The largest absolute Gasteiger partial charge is 0.502 e. The lowest BCUT2D eigenvalue weighted by Gasteiger charge is -2.07. The highest BCUT2D eigenvalue weighted by atomic mass is 19.4. The Morgan fingerprint density at radius 3 is 1.50 bits per heavy atom. The van der Waals surface area contributed by atoms with Crippen LogP contribution >= 0.6 is 0 Å². The van der Waals surface area contributed by atoms with Crippen molar-refractivity contribution in [2.24, 2.45) is 0 Å². The summed E-state index contributed by atoms with van der Waals surface area (Å²) >= 11 is 0. The van der Waals surface area contributed by atoms with Gasteiger partial charge in [0.15, 0.2) is 0 Å². The molecule has 10 heavy (non-hydrogen) atoms. The summed E-state index contributed by atoms with van der Waals surface area (Å²) in [6.45, 7) is -5.47. The second-order valence-electron chi connectivity index (χ2n) is 1.53. The minimum Gasteiger partial charge on any atom is -0.445 e. The van der Waals surface area contributed by atoms with Gasteiger partial charge in [0.1, 0.15) is 0 Å². The summed E-state index contributed by atoms with van der Waals surface area (Å²) in [4.78, 5) is 0. The highest BCUT2D eigenvalue weighted by molar-refractivity contribution is 6.64. The Hall–Kier alpha value is -0.615. The van der Waals surface area contributed by atoms with E-state index in [9.17, 15) is 26.1 Å². The Kier molecular flexibility index (Phi) is 2.40. The lowest BCUT2D eigenvalue weighted by atomic mass is 9.92. The van der Waals surface area contributed by atoms with Crippen molar-refractivity contribution in [2.45, 2.75) is 6.18 Å². The average molecular weight is 163 g/mol. The van der Waals surface area contributed by atoms with Crippen LogP contribution in [0.2, 0.25) is 0 Å². The molecule has 0 unspecified atom stereocenters. The van der Waals surface area contributed by atoms with Crippen LogP contribution < -0.4 is 0 Å². The van der Waals surface area contributed by atoms with Crippen LogP contribution in [0.3, 0.4) is 0 Å². The van der Waals surface area contributed by atoms with E-state index in [2.05, 4.69) is 0 Å². The van der Waals surface area contributed by atoms with E-state index in [1.165, 1.54) is 0 Å². The van der Waals surface area contributed by atoms with Gasteiger partial charge >= 0.3 is 13.2 Å². The molecule has 0 aromatic rings. The topological polar surface area (TPSA) is 0 Å². The zero-order valence-corrected chi connectivity index (χ0v) is 4.50. The van der Waals surface area contributed by atoms with Crippen molar-refractivity contribution in [1.82, 2.24) is 0 Å². The van der Waals surface area contributed by atoms with Gasteiger partial charge in [0.2, 0.25) is 0 Å². The third kappa shape index (κ3) is 7.38. The molecule has 0 aliphatic heterocycles. The zero-order chi connectivity index (χ0) is 8.41. The Morgan fingerprint density at radius 1 is 1.00 bits per heavy atom. The number of alkyl halides is 3. The molecule has 0 spiro atoms. The third-order valence-corrected chi connectivity index (χ3v) is 0.503. The van der Waals surface area contributed by atoms with Crippen LogP contribution in [0.4, 0.5) is 26.1 Å². The molecular formula is C3H2BF6-. The zero-order valence-electron chi connectivity index (χ0n) is 4.50. The SMILES string of the molecule is F[B-](F)(F)/C=C\C(F)(F)F. The van der Waals surface area contributed by atoms with E-state index >= 15 is 0 Å². The van der Waals surface area contributed by atoms with Gasteiger partial charge in [-0.1, -0.05) is 0 Å². The molecule has 0 aliphatic rings. The number of halogens is 6. The summed E-state index contributed by atoms with van der Waals surface area (Å²) < 4.78 is 66.2. The van der Waals surface area contributed by atoms with Crippen LogP contribution in [0.5, 0.6) is 0 Å². The van der Waals surface area contributed by atoms with E-state index < -0.39 is 25.2 Å². The first-order chi connectivity index (χ1) is 4.21. The normalized spacial score (nSPS) is 14.6. The maximum absolute atomic E-state index is 11.1. The smallest absolute Gasteiger partial charge is 0.445 e. The van der Waals surface area contributed by atoms with Gasteiger partial charge in [-0.15, -0.1) is 5.98 Å². The molecule has 0 aliphatic carbocycles. The summed E-state index contributed by atoms with van der Waals surface area (Å²) in [6.07, 6.45) is -5.70. The Labute approximate surface area is 52.6 Å². The van der Waals surface area contributed by atoms with Crippen LogP contribution in [0, 0.1) is 0 Å². The monoisotopic (exact) mass is 163 g/mol. The van der Waals surface area contributed by atoms with Crippen molar-refractivity contribution in [3.63, 3.8) is 0 Å². The molecule has 0 nitrogen and oxygen atoms in total. The molecule has 0 fully saturated rings. The molecule has 0 radical (unpaired) electrons. The number of hydrogen-bond donors (Lipinski definition) is 0. The predicted octanol–water partition coefficient (Wildman–Crippen LogP) is 2.49. The van der Waals surface area contributed by atoms with Gasteiger partial charge in [-0.05, 0) is 6.08 Å². The summed E-state index contributed by atoms with van der Waals surface area (Å²) in [5, 5.41) is 0. The highest BCUT2D eigenvalue weighted by Crippen LogP contribution is 2.19. The van der Waals surface area contributed by atoms with E-state index in [4.69, 9.17) is 0 Å². The molecule has 0 rings (SSSR count). The van der Waals surface area contributed by atoms with Crippen LogP contribution in [0.25, 0.3) is 0 Å². The summed E-state index contributed by atoms with van der Waals surface area (Å²) in [5.74, 6) is -0.792. The summed E-state index contributed by atoms with van der Waals surface area (Å²) in [7, 11) is 0. The lowest BCUT2D eigenvalue weighted by molar-refractivity contribution is -0.0798. The van der Waals surface area contributed by atoms with Crippen LogP contribution in [-0.2, 0) is 0 Å². The molecule has 0 aromatic heterocycles. The molecular weight excluding hydrogens is 161 g/mol. The van der Waals surface area contributed by atoms with Crippen LogP contribution in [-0.4, -0.2) is 13.2 Å². The van der Waals surface area contributed by atoms with E-state index in [0.29, 0.717) is 0 Å². The Morgan fingerprint density at radius 2 is 1.40 bits per heavy atom. The molecule has 0 atom stereocenters. The van der Waals surface area contributed by atoms with Gasteiger partial charge in [-0.3, -0.25) is 0 Å². The Bertz CT molecular complexity index is 113. The summed E-state index contributed by atoms with van der Waals surface area (Å²) in [6, 6.07) is 0. The number of hydrogen-bond acceptors (Lipinski definition) is 0. The van der Waals surface area contributed by atoms with E-state index in [1.807, 2.05) is 0 Å². The Balaban J connectivity index is 4.01. The maximum Gasteiger partial charge on any atom is 0.502 e. The van der Waals surface area contributed by atoms with Crippen molar-refractivity contribution < 1.29 is 26.1 Å². The van der Waals surface area contributed by atoms with E-state index in [1.54, 1.807) is 0 Å². The molecule has 0 N–H and O–H groups in total. The molecule has 0 aromatic carbocycles. The highest BCUT2D eigenvalue weighted by Gasteiger charge is 2.26. The summed E-state index contributed by atoms with van der Waals surface area (Å²) in [5.41, 5.74) is 0. The first kappa shape index (κ1) is 9.38. The van der Waals surface area contributed by atoms with Gasteiger partial charge in [0.25, 0.3) is 0 Å². The minimum absolute atomic E-state index is 0.792. The molecule has 0 amide bonds. The molecule has 0 saturated heterocycles. The van der Waals surface area contributed by atoms with E-state index in [0.717, 1.165) is 0 Å². The van der Waals surface area contributed by atoms with Crippen molar-refractivity contribution >= 4 is 6.98 Å². The number of allylic oxidation sites excluding steroid dienone is 1. The molecule has 0 bridgehead atoms. The molecule has 0 saturated carbocycles. The fourth-order valence-corrected chi connectivity index (χ4v) is 0.218. The quantitative estimate of drug-likeness (QED) is 0.411. The van der Waals surface area contributed by atoms with Gasteiger partial charge in [-0.25, -0.2) is 0 Å². The fourth-order valence-electron chi connectivity index (χ4n) is 0.218. The average Bonchev–Trinajstić information content (AvgIpc) is 1.57. The molecule has 60 valence electrons.